The van der Waals surface area contributed by atoms with Gasteiger partial charge in [0.15, 0.2) is 11.9 Å². The highest BCUT2D eigenvalue weighted by Crippen LogP contribution is 2.45. The molecule has 32 heavy (non-hydrogen) atoms. The lowest BCUT2D eigenvalue weighted by Crippen LogP contribution is -2.52. The highest BCUT2D eigenvalue weighted by atomic mass is 16.7. The van der Waals surface area contributed by atoms with Crippen molar-refractivity contribution in [1.82, 2.24) is 0 Å². The van der Waals surface area contributed by atoms with Crippen LogP contribution >= 0.6 is 0 Å². The van der Waals surface area contributed by atoms with Crippen molar-refractivity contribution >= 4 is 0 Å². The highest BCUT2D eigenvalue weighted by Gasteiger charge is 2.61. The van der Waals surface area contributed by atoms with Gasteiger partial charge in [0.2, 0.25) is 0 Å². The molecule has 4 rings (SSSR count). The van der Waals surface area contributed by atoms with Gasteiger partial charge in [-0.05, 0) is 16.7 Å². The van der Waals surface area contributed by atoms with Crippen LogP contribution in [-0.2, 0) is 33.0 Å². The molecular formula is C26H28O6. The SMILES string of the molecule is OC[C@@H](O)[C@]1(c2ccccc2)OC(O)[C@H](OCc2ccccc2)[C@H]1OCc1ccccc1. The predicted octanol–water partition coefficient (Wildman–Crippen LogP) is 2.75. The lowest BCUT2D eigenvalue weighted by molar-refractivity contribution is -0.215. The molecule has 168 valence electrons. The zero-order valence-electron chi connectivity index (χ0n) is 17.7. The molecule has 3 aromatic rings. The van der Waals surface area contributed by atoms with Gasteiger partial charge in [0.25, 0.3) is 0 Å². The van der Waals surface area contributed by atoms with Gasteiger partial charge in [0.05, 0.1) is 19.8 Å². The monoisotopic (exact) mass is 436 g/mol. The molecule has 5 atom stereocenters. The van der Waals surface area contributed by atoms with Gasteiger partial charge in [-0.3, -0.25) is 0 Å². The average molecular weight is 437 g/mol. The van der Waals surface area contributed by atoms with E-state index in [-0.39, 0.29) is 13.2 Å². The molecule has 3 aromatic carbocycles. The Bertz CT molecular complexity index is 952. The van der Waals surface area contributed by atoms with Crippen LogP contribution in [0.4, 0.5) is 0 Å². The van der Waals surface area contributed by atoms with Crippen LogP contribution in [0.2, 0.25) is 0 Å². The zero-order chi connectivity index (χ0) is 22.4. The summed E-state index contributed by atoms with van der Waals surface area (Å²) in [5, 5.41) is 31.7. The van der Waals surface area contributed by atoms with Crippen LogP contribution in [0.3, 0.4) is 0 Å². The molecule has 0 aliphatic carbocycles. The van der Waals surface area contributed by atoms with E-state index in [2.05, 4.69) is 0 Å². The van der Waals surface area contributed by atoms with Gasteiger partial charge in [-0.1, -0.05) is 91.0 Å². The fraction of sp³-hybridized carbons (Fsp3) is 0.308. The third-order valence-corrected chi connectivity index (χ3v) is 5.77. The Morgan fingerprint density at radius 2 is 1.28 bits per heavy atom. The summed E-state index contributed by atoms with van der Waals surface area (Å²) in [4.78, 5) is 0. The Hall–Kier alpha value is -2.58. The number of ether oxygens (including phenoxy) is 3. The van der Waals surface area contributed by atoms with E-state index in [4.69, 9.17) is 14.2 Å². The summed E-state index contributed by atoms with van der Waals surface area (Å²) in [6.07, 6.45) is -4.47. The van der Waals surface area contributed by atoms with Crippen LogP contribution < -0.4 is 0 Å². The third-order valence-electron chi connectivity index (χ3n) is 5.77. The molecule has 1 fully saturated rings. The van der Waals surface area contributed by atoms with E-state index < -0.39 is 36.8 Å². The summed E-state index contributed by atoms with van der Waals surface area (Å²) in [5.74, 6) is 0. The first-order chi connectivity index (χ1) is 15.6. The highest BCUT2D eigenvalue weighted by molar-refractivity contribution is 5.29. The lowest BCUT2D eigenvalue weighted by Gasteiger charge is -2.38. The van der Waals surface area contributed by atoms with Crippen LogP contribution in [0.5, 0.6) is 0 Å². The van der Waals surface area contributed by atoms with Gasteiger partial charge in [0, 0.05) is 0 Å². The van der Waals surface area contributed by atoms with Crippen molar-refractivity contribution in [2.45, 2.75) is 43.4 Å². The second-order valence-corrected chi connectivity index (χ2v) is 7.84. The molecular weight excluding hydrogens is 408 g/mol. The van der Waals surface area contributed by atoms with Crippen LogP contribution in [0.1, 0.15) is 16.7 Å². The van der Waals surface area contributed by atoms with Crippen molar-refractivity contribution < 1.29 is 29.5 Å². The number of aliphatic hydroxyl groups is 3. The van der Waals surface area contributed by atoms with E-state index in [1.54, 1.807) is 12.1 Å². The molecule has 3 N–H and O–H groups in total. The van der Waals surface area contributed by atoms with Gasteiger partial charge < -0.3 is 29.5 Å². The van der Waals surface area contributed by atoms with Gasteiger partial charge in [-0.15, -0.1) is 0 Å². The molecule has 0 saturated carbocycles. The summed E-state index contributed by atoms with van der Waals surface area (Å²) in [5.41, 5.74) is 0.938. The van der Waals surface area contributed by atoms with E-state index in [1.807, 2.05) is 78.9 Å². The molecule has 1 unspecified atom stereocenters. The average Bonchev–Trinajstić information content (AvgIpc) is 3.14. The largest absolute Gasteiger partial charge is 0.394 e. The maximum absolute atomic E-state index is 10.9. The maximum Gasteiger partial charge on any atom is 0.185 e. The molecule has 0 aromatic heterocycles. The molecule has 0 radical (unpaired) electrons. The van der Waals surface area contributed by atoms with Crippen molar-refractivity contribution in [3.05, 3.63) is 108 Å². The van der Waals surface area contributed by atoms with Crippen molar-refractivity contribution in [3.8, 4) is 0 Å². The summed E-state index contributed by atoms with van der Waals surface area (Å²) in [7, 11) is 0. The molecule has 6 nitrogen and oxygen atoms in total. The minimum Gasteiger partial charge on any atom is -0.394 e. The Labute approximate surface area is 187 Å². The number of hydrogen-bond acceptors (Lipinski definition) is 6. The molecule has 0 amide bonds. The molecule has 1 aliphatic heterocycles. The minimum atomic E-state index is -1.51. The molecule has 1 saturated heterocycles. The van der Waals surface area contributed by atoms with Crippen molar-refractivity contribution in [2.24, 2.45) is 0 Å². The van der Waals surface area contributed by atoms with Crippen molar-refractivity contribution in [2.75, 3.05) is 6.61 Å². The maximum atomic E-state index is 10.9. The predicted molar refractivity (Wildman–Crippen MR) is 118 cm³/mol. The van der Waals surface area contributed by atoms with E-state index in [9.17, 15) is 15.3 Å². The number of aliphatic hydroxyl groups excluding tert-OH is 3. The fourth-order valence-corrected chi connectivity index (χ4v) is 4.17. The van der Waals surface area contributed by atoms with Crippen LogP contribution in [0.25, 0.3) is 0 Å². The van der Waals surface area contributed by atoms with E-state index >= 15 is 0 Å². The third kappa shape index (κ3) is 4.61. The van der Waals surface area contributed by atoms with Gasteiger partial charge in [0.1, 0.15) is 18.3 Å². The zero-order valence-corrected chi connectivity index (χ0v) is 17.7. The smallest absolute Gasteiger partial charge is 0.185 e. The number of hydrogen-bond donors (Lipinski definition) is 3. The van der Waals surface area contributed by atoms with Crippen LogP contribution in [-0.4, -0.2) is 46.5 Å². The lowest BCUT2D eigenvalue weighted by atomic mass is 9.82. The molecule has 0 bridgehead atoms. The van der Waals surface area contributed by atoms with Gasteiger partial charge in [-0.2, -0.15) is 0 Å². The summed E-state index contributed by atoms with van der Waals surface area (Å²) in [6.45, 7) is -0.116. The first kappa shape index (κ1) is 22.6. The van der Waals surface area contributed by atoms with Crippen molar-refractivity contribution in [1.29, 1.82) is 0 Å². The van der Waals surface area contributed by atoms with Gasteiger partial charge in [-0.25, -0.2) is 0 Å². The summed E-state index contributed by atoms with van der Waals surface area (Å²) < 4.78 is 18.3. The fourth-order valence-electron chi connectivity index (χ4n) is 4.17. The first-order valence-corrected chi connectivity index (χ1v) is 10.7. The van der Waals surface area contributed by atoms with E-state index in [0.717, 1.165) is 11.1 Å². The molecule has 0 spiro atoms. The second-order valence-electron chi connectivity index (χ2n) is 7.84. The molecule has 6 heteroatoms. The van der Waals surface area contributed by atoms with Crippen LogP contribution in [0, 0.1) is 0 Å². The summed E-state index contributed by atoms with van der Waals surface area (Å²) in [6, 6.07) is 28.2. The normalized spacial score (nSPS) is 26.2. The van der Waals surface area contributed by atoms with E-state index in [0.29, 0.717) is 5.56 Å². The summed E-state index contributed by atoms with van der Waals surface area (Å²) >= 11 is 0. The molecule has 1 aliphatic rings. The van der Waals surface area contributed by atoms with E-state index in [1.165, 1.54) is 0 Å². The number of rotatable bonds is 9. The second kappa shape index (κ2) is 10.4. The Kier molecular flexibility index (Phi) is 7.32. The van der Waals surface area contributed by atoms with Gasteiger partial charge >= 0.3 is 0 Å². The van der Waals surface area contributed by atoms with Crippen LogP contribution in [0.15, 0.2) is 91.0 Å². The Balaban J connectivity index is 1.68. The first-order valence-electron chi connectivity index (χ1n) is 10.7. The van der Waals surface area contributed by atoms with Crippen molar-refractivity contribution in [3.63, 3.8) is 0 Å². The topological polar surface area (TPSA) is 88.4 Å². The Morgan fingerprint density at radius 3 is 1.81 bits per heavy atom. The quantitative estimate of drug-likeness (QED) is 0.478. The number of benzene rings is 3. The minimum absolute atomic E-state index is 0.222. The standard InChI is InChI=1S/C26H28O6/c27-16-22(28)26(21-14-8-3-9-15-21)24(31-18-20-12-6-2-7-13-20)23(25(29)32-26)30-17-19-10-4-1-5-11-19/h1-15,22-25,27-29H,16-18H2/t22-,23-,24-,25?,26+/m1/s1. The molecule has 1 heterocycles. The Morgan fingerprint density at radius 1 is 0.781 bits per heavy atom.